The molecule has 0 radical (unpaired) electrons. The molecule has 0 bridgehead atoms. The number of carbonyl (C=O) groups excluding carboxylic acids is 1. The van der Waals surface area contributed by atoms with E-state index in [9.17, 15) is 26.7 Å². The molecule has 1 aliphatic rings. The zero-order valence-corrected chi connectivity index (χ0v) is 14.0. The van der Waals surface area contributed by atoms with Crippen LogP contribution in [0.5, 0.6) is 0 Å². The first-order valence-corrected chi connectivity index (χ1v) is 8.11. The van der Waals surface area contributed by atoms with Crippen LogP contribution in [0.25, 0.3) is 0 Å². The standard InChI is InChI=1S/C16H16F5N5O/c17-11-2-1-9(6-12(11)18)5-10(22)7-14(27)25-3-4-26-13(8-25)23-24-15(26)16(19,20)21/h1-2,6,10H,3-5,7-8,22H2. The monoisotopic (exact) mass is 389 g/mol. The number of amides is 1. The van der Waals surface area contributed by atoms with E-state index in [4.69, 9.17) is 5.73 Å². The van der Waals surface area contributed by atoms with Gasteiger partial charge in [-0.2, -0.15) is 13.2 Å². The molecule has 1 aromatic heterocycles. The van der Waals surface area contributed by atoms with Crippen molar-refractivity contribution in [3.63, 3.8) is 0 Å². The van der Waals surface area contributed by atoms with Gasteiger partial charge in [0.25, 0.3) is 0 Å². The lowest BCUT2D eigenvalue weighted by molar-refractivity contribution is -0.148. The molecule has 1 unspecified atom stereocenters. The summed E-state index contributed by atoms with van der Waals surface area (Å²) in [5.74, 6) is -3.36. The summed E-state index contributed by atoms with van der Waals surface area (Å²) >= 11 is 0. The highest BCUT2D eigenvalue weighted by atomic mass is 19.4. The van der Waals surface area contributed by atoms with Gasteiger partial charge in [-0.15, -0.1) is 10.2 Å². The van der Waals surface area contributed by atoms with E-state index in [0.717, 1.165) is 16.7 Å². The Morgan fingerprint density at radius 3 is 2.59 bits per heavy atom. The highest BCUT2D eigenvalue weighted by Gasteiger charge is 2.39. The number of carbonyl (C=O) groups is 1. The predicted octanol–water partition coefficient (Wildman–Crippen LogP) is 1.88. The van der Waals surface area contributed by atoms with E-state index < -0.39 is 29.7 Å². The maximum absolute atomic E-state index is 13.2. The van der Waals surface area contributed by atoms with Gasteiger partial charge in [-0.05, 0) is 24.1 Å². The van der Waals surface area contributed by atoms with E-state index in [1.165, 1.54) is 11.0 Å². The lowest BCUT2D eigenvalue weighted by Crippen LogP contribution is -2.42. The van der Waals surface area contributed by atoms with Gasteiger partial charge < -0.3 is 15.2 Å². The third-order valence-corrected chi connectivity index (χ3v) is 4.28. The number of hydrogen-bond donors (Lipinski definition) is 1. The molecule has 2 heterocycles. The minimum Gasteiger partial charge on any atom is -0.333 e. The average molecular weight is 389 g/mol. The maximum Gasteiger partial charge on any atom is 0.451 e. The first-order chi connectivity index (χ1) is 12.6. The van der Waals surface area contributed by atoms with E-state index in [2.05, 4.69) is 10.2 Å². The van der Waals surface area contributed by atoms with Crippen LogP contribution in [0, 0.1) is 11.6 Å². The van der Waals surface area contributed by atoms with Crippen LogP contribution >= 0.6 is 0 Å². The number of hydrogen-bond acceptors (Lipinski definition) is 4. The summed E-state index contributed by atoms with van der Waals surface area (Å²) in [5.41, 5.74) is 6.36. The summed E-state index contributed by atoms with van der Waals surface area (Å²) in [5, 5.41) is 6.67. The molecule has 0 spiro atoms. The lowest BCUT2D eigenvalue weighted by atomic mass is 10.0. The van der Waals surface area contributed by atoms with Crippen molar-refractivity contribution in [3.8, 4) is 0 Å². The number of rotatable bonds is 4. The predicted molar refractivity (Wildman–Crippen MR) is 83.1 cm³/mol. The molecule has 0 fully saturated rings. The summed E-state index contributed by atoms with van der Waals surface area (Å²) in [6.07, 6.45) is -4.53. The summed E-state index contributed by atoms with van der Waals surface area (Å²) < 4.78 is 65.6. The van der Waals surface area contributed by atoms with Crippen molar-refractivity contribution in [1.82, 2.24) is 19.7 Å². The Labute approximate surface area is 150 Å². The first kappa shape index (κ1) is 19.2. The molecule has 0 saturated heterocycles. The number of halogens is 5. The number of alkyl halides is 3. The van der Waals surface area contributed by atoms with Gasteiger partial charge in [-0.25, -0.2) is 8.78 Å². The molecule has 11 heteroatoms. The zero-order chi connectivity index (χ0) is 19.8. The maximum atomic E-state index is 13.2. The Hall–Kier alpha value is -2.56. The number of aromatic nitrogens is 3. The van der Waals surface area contributed by atoms with Crippen molar-refractivity contribution in [2.45, 2.75) is 38.1 Å². The van der Waals surface area contributed by atoms with Crippen LogP contribution in [0.1, 0.15) is 23.6 Å². The Morgan fingerprint density at radius 2 is 1.93 bits per heavy atom. The van der Waals surface area contributed by atoms with Crippen LogP contribution in [0.15, 0.2) is 18.2 Å². The molecule has 146 valence electrons. The first-order valence-electron chi connectivity index (χ1n) is 8.11. The van der Waals surface area contributed by atoms with Crippen LogP contribution in [-0.4, -0.2) is 38.2 Å². The quantitative estimate of drug-likeness (QED) is 0.811. The summed E-state index contributed by atoms with van der Waals surface area (Å²) in [6.45, 7) is -0.0913. The highest BCUT2D eigenvalue weighted by Crippen LogP contribution is 2.29. The van der Waals surface area contributed by atoms with Gasteiger partial charge in [0, 0.05) is 25.6 Å². The molecule has 2 aromatic rings. The summed E-state index contributed by atoms with van der Waals surface area (Å²) in [4.78, 5) is 13.7. The molecule has 1 atom stereocenters. The number of benzene rings is 1. The SMILES string of the molecule is NC(CC(=O)N1CCn2c(nnc2C(F)(F)F)C1)Cc1ccc(F)c(F)c1. The Kier molecular flexibility index (Phi) is 5.13. The van der Waals surface area contributed by atoms with Crippen molar-refractivity contribution >= 4 is 5.91 Å². The number of nitrogens with zero attached hydrogens (tertiary/aromatic N) is 4. The van der Waals surface area contributed by atoms with Crippen molar-refractivity contribution < 1.29 is 26.7 Å². The lowest BCUT2D eigenvalue weighted by Gasteiger charge is -2.29. The molecule has 6 nitrogen and oxygen atoms in total. The molecule has 3 rings (SSSR count). The average Bonchev–Trinajstić information content (AvgIpc) is 3.01. The van der Waals surface area contributed by atoms with Gasteiger partial charge >= 0.3 is 6.18 Å². The van der Waals surface area contributed by atoms with Crippen LogP contribution < -0.4 is 5.73 Å². The van der Waals surface area contributed by atoms with Crippen molar-refractivity contribution in [1.29, 1.82) is 0 Å². The third-order valence-electron chi connectivity index (χ3n) is 4.28. The fourth-order valence-electron chi connectivity index (χ4n) is 2.98. The number of fused-ring (bicyclic) bond motifs is 1. The van der Waals surface area contributed by atoms with Gasteiger partial charge in [0.1, 0.15) is 0 Å². The fourth-order valence-corrected chi connectivity index (χ4v) is 2.98. The van der Waals surface area contributed by atoms with E-state index in [-0.39, 0.29) is 44.2 Å². The van der Waals surface area contributed by atoms with Gasteiger partial charge in [0.15, 0.2) is 17.5 Å². The summed E-state index contributed by atoms with van der Waals surface area (Å²) in [6, 6.07) is 2.73. The zero-order valence-electron chi connectivity index (χ0n) is 14.0. The number of nitrogens with two attached hydrogens (primary N) is 1. The highest BCUT2D eigenvalue weighted by molar-refractivity contribution is 5.76. The van der Waals surface area contributed by atoms with E-state index in [1.807, 2.05) is 0 Å². The molecular formula is C16H16F5N5O. The Bertz CT molecular complexity index is 850. The topological polar surface area (TPSA) is 77.0 Å². The molecule has 1 aromatic carbocycles. The van der Waals surface area contributed by atoms with Crippen molar-refractivity contribution in [2.24, 2.45) is 5.73 Å². The van der Waals surface area contributed by atoms with Crippen molar-refractivity contribution in [3.05, 3.63) is 47.0 Å². The Balaban J connectivity index is 1.60. The Morgan fingerprint density at radius 1 is 1.19 bits per heavy atom. The third kappa shape index (κ3) is 4.24. The molecular weight excluding hydrogens is 373 g/mol. The van der Waals surface area contributed by atoms with Crippen LogP contribution in [0.2, 0.25) is 0 Å². The van der Waals surface area contributed by atoms with Crippen LogP contribution in [-0.2, 0) is 30.5 Å². The molecule has 0 saturated carbocycles. The van der Waals surface area contributed by atoms with Gasteiger partial charge in [0.2, 0.25) is 11.7 Å². The van der Waals surface area contributed by atoms with Crippen molar-refractivity contribution in [2.75, 3.05) is 6.54 Å². The molecule has 1 aliphatic heterocycles. The normalized spacial score (nSPS) is 15.6. The largest absolute Gasteiger partial charge is 0.451 e. The van der Waals surface area contributed by atoms with E-state index in [0.29, 0.717) is 5.56 Å². The minimum atomic E-state index is -4.61. The second-order valence-electron chi connectivity index (χ2n) is 6.32. The smallest absolute Gasteiger partial charge is 0.333 e. The molecule has 27 heavy (non-hydrogen) atoms. The van der Waals surface area contributed by atoms with Gasteiger partial charge in [-0.3, -0.25) is 4.79 Å². The van der Waals surface area contributed by atoms with Crippen LogP contribution in [0.3, 0.4) is 0 Å². The molecule has 2 N–H and O–H groups in total. The fraction of sp³-hybridized carbons (Fsp3) is 0.438. The summed E-state index contributed by atoms with van der Waals surface area (Å²) in [7, 11) is 0. The molecule has 1 amide bonds. The second kappa shape index (κ2) is 7.22. The van der Waals surface area contributed by atoms with E-state index in [1.54, 1.807) is 0 Å². The van der Waals surface area contributed by atoms with Crippen LogP contribution in [0.4, 0.5) is 22.0 Å². The minimum absolute atomic E-state index is 0.0519. The van der Waals surface area contributed by atoms with E-state index >= 15 is 0 Å². The second-order valence-corrected chi connectivity index (χ2v) is 6.32. The molecule has 0 aliphatic carbocycles. The van der Waals surface area contributed by atoms with Gasteiger partial charge in [-0.1, -0.05) is 6.07 Å². The van der Waals surface area contributed by atoms with Gasteiger partial charge in [0.05, 0.1) is 6.54 Å².